The molecule has 8 heteroatoms. The summed E-state index contributed by atoms with van der Waals surface area (Å²) in [7, 11) is 0. The number of aryl methyl sites for hydroxylation is 2. The summed E-state index contributed by atoms with van der Waals surface area (Å²) in [5.41, 5.74) is 8.66. The van der Waals surface area contributed by atoms with Gasteiger partial charge >= 0.3 is 0 Å². The highest BCUT2D eigenvalue weighted by atomic mass is 35.5. The summed E-state index contributed by atoms with van der Waals surface area (Å²) >= 11 is 0. The lowest BCUT2D eigenvalue weighted by Crippen LogP contribution is -2.22. The first-order valence-electron chi connectivity index (χ1n) is 7.55. The third-order valence-electron chi connectivity index (χ3n) is 3.85. The van der Waals surface area contributed by atoms with Crippen molar-refractivity contribution in [3.05, 3.63) is 41.7 Å². The van der Waals surface area contributed by atoms with E-state index >= 15 is 0 Å². The molecule has 0 bridgehead atoms. The fourth-order valence-corrected chi connectivity index (χ4v) is 2.27. The maximum atomic E-state index is 5.87. The monoisotopic (exact) mass is 348 g/mol. The molecule has 0 aromatic carbocycles. The average Bonchev–Trinajstić information content (AvgIpc) is 3.13. The molecule has 24 heavy (non-hydrogen) atoms. The van der Waals surface area contributed by atoms with Gasteiger partial charge < -0.3 is 10.3 Å². The summed E-state index contributed by atoms with van der Waals surface area (Å²) in [6.07, 6.45) is 1.72. The van der Waals surface area contributed by atoms with Gasteiger partial charge in [-0.15, -0.1) is 12.4 Å². The van der Waals surface area contributed by atoms with Gasteiger partial charge in [-0.2, -0.15) is 10.1 Å². The molecular weight excluding hydrogens is 328 g/mol. The van der Waals surface area contributed by atoms with Crippen LogP contribution in [0, 0.1) is 13.8 Å². The van der Waals surface area contributed by atoms with E-state index in [1.165, 1.54) is 0 Å². The summed E-state index contributed by atoms with van der Waals surface area (Å²) in [5, 5.41) is 8.43. The Kier molecular flexibility index (Phi) is 5.36. The average molecular weight is 349 g/mol. The molecule has 3 rings (SSSR count). The van der Waals surface area contributed by atoms with Gasteiger partial charge in [0, 0.05) is 23.5 Å². The molecule has 0 radical (unpaired) electrons. The molecule has 0 spiro atoms. The molecule has 3 heterocycles. The van der Waals surface area contributed by atoms with E-state index in [1.807, 2.05) is 45.9 Å². The fraction of sp³-hybridized carbons (Fsp3) is 0.375. The topological polar surface area (TPSA) is 95.7 Å². The summed E-state index contributed by atoms with van der Waals surface area (Å²) in [6.45, 7) is 7.83. The molecule has 0 aliphatic carbocycles. The van der Waals surface area contributed by atoms with Crippen molar-refractivity contribution in [3.8, 4) is 17.2 Å². The van der Waals surface area contributed by atoms with Crippen LogP contribution in [-0.2, 0) is 0 Å². The molecule has 128 valence electrons. The Bertz CT molecular complexity index is 808. The van der Waals surface area contributed by atoms with Crippen LogP contribution in [0.3, 0.4) is 0 Å². The lowest BCUT2D eigenvalue weighted by molar-refractivity contribution is 0.346. The van der Waals surface area contributed by atoms with E-state index in [4.69, 9.17) is 10.3 Å². The van der Waals surface area contributed by atoms with Gasteiger partial charge in [0.25, 0.3) is 0 Å². The Hall–Kier alpha value is -2.25. The number of hydrogen-bond acceptors (Lipinski definition) is 6. The van der Waals surface area contributed by atoms with Crippen molar-refractivity contribution < 1.29 is 4.52 Å². The van der Waals surface area contributed by atoms with Gasteiger partial charge in [0.2, 0.25) is 11.7 Å². The van der Waals surface area contributed by atoms with Crippen LogP contribution < -0.4 is 5.73 Å². The number of nitrogens with two attached hydrogens (primary N) is 1. The normalized spacial score (nSPS) is 13.4. The zero-order valence-corrected chi connectivity index (χ0v) is 14.9. The quantitative estimate of drug-likeness (QED) is 0.778. The molecule has 0 aliphatic rings. The van der Waals surface area contributed by atoms with Gasteiger partial charge in [-0.1, -0.05) is 12.1 Å². The smallest absolute Gasteiger partial charge is 0.231 e. The highest BCUT2D eigenvalue weighted by molar-refractivity contribution is 5.85. The third-order valence-corrected chi connectivity index (χ3v) is 3.85. The Labute approximate surface area is 146 Å². The summed E-state index contributed by atoms with van der Waals surface area (Å²) in [4.78, 5) is 8.85. The number of nitrogens with zero attached hydrogens (tertiary/aromatic N) is 5. The second-order valence-corrected chi connectivity index (χ2v) is 5.85. The van der Waals surface area contributed by atoms with Crippen molar-refractivity contribution in [2.75, 3.05) is 0 Å². The van der Waals surface area contributed by atoms with Gasteiger partial charge in [0.05, 0.1) is 11.6 Å². The first-order valence-corrected chi connectivity index (χ1v) is 7.55. The summed E-state index contributed by atoms with van der Waals surface area (Å²) < 4.78 is 7.10. The van der Waals surface area contributed by atoms with Crippen LogP contribution in [0.2, 0.25) is 0 Å². The van der Waals surface area contributed by atoms with Crippen LogP contribution in [0.25, 0.3) is 17.2 Å². The van der Waals surface area contributed by atoms with E-state index < -0.39 is 0 Å². The summed E-state index contributed by atoms with van der Waals surface area (Å²) in [6, 6.07) is 5.76. The van der Waals surface area contributed by atoms with Crippen LogP contribution in [0.4, 0.5) is 0 Å². The minimum atomic E-state index is -0.0465. The van der Waals surface area contributed by atoms with E-state index in [0.717, 1.165) is 22.8 Å². The van der Waals surface area contributed by atoms with Gasteiger partial charge in [0.1, 0.15) is 0 Å². The maximum absolute atomic E-state index is 5.87. The van der Waals surface area contributed by atoms with Crippen molar-refractivity contribution in [1.29, 1.82) is 0 Å². The standard InChI is InChI=1S/C16H20N6O.ClH/c1-9-7-10(2)22(20-9)14-6-5-13(8-18-14)15-19-16(23-21-15)11(3)12(4)17;/h5-8,11-12H,17H2,1-4H3;1H. The predicted octanol–water partition coefficient (Wildman–Crippen LogP) is 2.81. The van der Waals surface area contributed by atoms with Crippen LogP contribution >= 0.6 is 12.4 Å². The molecule has 0 saturated carbocycles. The second-order valence-electron chi connectivity index (χ2n) is 5.85. The molecule has 2 unspecified atom stereocenters. The zero-order valence-electron chi connectivity index (χ0n) is 14.1. The van der Waals surface area contributed by atoms with E-state index in [9.17, 15) is 0 Å². The van der Waals surface area contributed by atoms with Crippen LogP contribution in [-0.4, -0.2) is 30.9 Å². The molecular formula is C16H21ClN6O. The predicted molar refractivity (Wildman–Crippen MR) is 93.4 cm³/mol. The molecule has 2 N–H and O–H groups in total. The van der Waals surface area contributed by atoms with E-state index in [-0.39, 0.29) is 24.4 Å². The molecule has 0 fully saturated rings. The van der Waals surface area contributed by atoms with E-state index in [2.05, 4.69) is 20.2 Å². The van der Waals surface area contributed by atoms with Gasteiger partial charge in [-0.3, -0.25) is 0 Å². The van der Waals surface area contributed by atoms with Crippen LogP contribution in [0.1, 0.15) is 37.0 Å². The Balaban J connectivity index is 0.00000208. The molecule has 0 saturated heterocycles. The molecule has 0 amide bonds. The Morgan fingerprint density at radius 2 is 1.96 bits per heavy atom. The van der Waals surface area contributed by atoms with Crippen molar-refractivity contribution >= 4 is 12.4 Å². The highest BCUT2D eigenvalue weighted by Gasteiger charge is 2.18. The minimum Gasteiger partial charge on any atom is -0.339 e. The Morgan fingerprint density at radius 3 is 2.50 bits per heavy atom. The lowest BCUT2D eigenvalue weighted by Gasteiger charge is -2.09. The van der Waals surface area contributed by atoms with Crippen molar-refractivity contribution in [3.63, 3.8) is 0 Å². The van der Waals surface area contributed by atoms with Gasteiger partial charge in [0.15, 0.2) is 5.82 Å². The highest BCUT2D eigenvalue weighted by Crippen LogP contribution is 2.21. The van der Waals surface area contributed by atoms with Crippen LogP contribution in [0.15, 0.2) is 28.9 Å². The second kappa shape index (κ2) is 7.11. The molecule has 3 aromatic heterocycles. The molecule has 0 aliphatic heterocycles. The molecule has 2 atom stereocenters. The minimum absolute atomic E-state index is 0. The summed E-state index contributed by atoms with van der Waals surface area (Å²) in [5.74, 6) is 1.82. The van der Waals surface area contributed by atoms with Crippen molar-refractivity contribution in [2.24, 2.45) is 5.73 Å². The zero-order chi connectivity index (χ0) is 16.6. The Morgan fingerprint density at radius 1 is 1.21 bits per heavy atom. The molecule has 7 nitrogen and oxygen atoms in total. The fourth-order valence-electron chi connectivity index (χ4n) is 2.27. The van der Waals surface area contributed by atoms with Gasteiger partial charge in [-0.05, 0) is 39.0 Å². The number of halogens is 1. The van der Waals surface area contributed by atoms with E-state index in [1.54, 1.807) is 10.9 Å². The van der Waals surface area contributed by atoms with Gasteiger partial charge in [-0.25, -0.2) is 9.67 Å². The number of pyridine rings is 1. The van der Waals surface area contributed by atoms with Crippen molar-refractivity contribution in [2.45, 2.75) is 39.7 Å². The largest absolute Gasteiger partial charge is 0.339 e. The number of aromatic nitrogens is 5. The van der Waals surface area contributed by atoms with Crippen LogP contribution in [0.5, 0.6) is 0 Å². The first kappa shape index (κ1) is 18.1. The molecule has 3 aromatic rings. The lowest BCUT2D eigenvalue weighted by atomic mass is 10.1. The maximum Gasteiger partial charge on any atom is 0.231 e. The SMILES string of the molecule is Cc1cc(C)n(-c2ccc(-c3noc(C(C)C(C)N)n3)cn2)n1.Cl. The number of rotatable bonds is 4. The van der Waals surface area contributed by atoms with E-state index in [0.29, 0.717) is 11.7 Å². The first-order chi connectivity index (χ1) is 11.0. The van der Waals surface area contributed by atoms with Crippen molar-refractivity contribution in [1.82, 2.24) is 24.9 Å². The third kappa shape index (κ3) is 3.47. The number of hydrogen-bond donors (Lipinski definition) is 1.